The predicted molar refractivity (Wildman–Crippen MR) is 103 cm³/mol. The second-order valence-electron chi connectivity index (χ2n) is 7.19. The molecular weight excluding hydrogens is 368 g/mol. The molecule has 0 amide bonds. The summed E-state index contributed by atoms with van der Waals surface area (Å²) in [6.45, 7) is 3.53. The molecule has 0 spiro atoms. The van der Waals surface area contributed by atoms with Crippen LogP contribution in [-0.2, 0) is 6.61 Å². The van der Waals surface area contributed by atoms with Gasteiger partial charge in [-0.25, -0.2) is 13.5 Å². The van der Waals surface area contributed by atoms with Crippen molar-refractivity contribution in [1.29, 1.82) is 0 Å². The van der Waals surface area contributed by atoms with E-state index in [-0.39, 0.29) is 34.2 Å². The van der Waals surface area contributed by atoms with Gasteiger partial charge in [-0.15, -0.1) is 0 Å². The molecule has 9 heteroatoms. The number of alkyl halides is 2. The zero-order chi connectivity index (χ0) is 20.6. The van der Waals surface area contributed by atoms with Gasteiger partial charge < -0.3 is 10.0 Å². The molecule has 0 aliphatic heterocycles. The average molecular weight is 391 g/mol. The van der Waals surface area contributed by atoms with E-state index in [1.807, 2.05) is 13.8 Å². The van der Waals surface area contributed by atoms with Crippen molar-refractivity contribution < 1.29 is 13.9 Å². The Balaban J connectivity index is 2.24. The first-order valence-electron chi connectivity index (χ1n) is 8.92. The standard InChI is InChI=1S/C19H23F2N5O2/c1-10(2)15(11-5-7-12(8-6-11)16(20)21)26-17-14(13(9-27)24-26)18(28)23-19(22-17)25(3)4/h5-8,10,15-16,27H,9H2,1-4H3,(H,22,23,28)/t15-/m0/s1. The van der Waals surface area contributed by atoms with Crippen molar-refractivity contribution in [3.05, 3.63) is 51.4 Å². The summed E-state index contributed by atoms with van der Waals surface area (Å²) in [5, 5.41) is 14.4. The van der Waals surface area contributed by atoms with Gasteiger partial charge >= 0.3 is 0 Å². The summed E-state index contributed by atoms with van der Waals surface area (Å²) in [6.07, 6.45) is -2.54. The molecule has 2 heterocycles. The average Bonchev–Trinajstić information content (AvgIpc) is 3.01. The molecule has 3 rings (SSSR count). The van der Waals surface area contributed by atoms with Crippen LogP contribution < -0.4 is 10.5 Å². The van der Waals surface area contributed by atoms with Crippen molar-refractivity contribution in [3.8, 4) is 0 Å². The number of nitrogens with one attached hydrogen (secondary N) is 1. The number of H-pyrrole nitrogens is 1. The molecular formula is C19H23F2N5O2. The lowest BCUT2D eigenvalue weighted by Gasteiger charge is -2.23. The fraction of sp³-hybridized carbons (Fsp3) is 0.421. The topological polar surface area (TPSA) is 87.0 Å². The quantitative estimate of drug-likeness (QED) is 0.675. The Hall–Kier alpha value is -2.81. The van der Waals surface area contributed by atoms with Crippen molar-refractivity contribution >= 4 is 17.0 Å². The Labute approximate surface area is 160 Å². The van der Waals surface area contributed by atoms with Crippen LogP contribution in [0.4, 0.5) is 14.7 Å². The summed E-state index contributed by atoms with van der Waals surface area (Å²) in [6, 6.07) is 5.70. The van der Waals surface area contributed by atoms with Crippen LogP contribution >= 0.6 is 0 Å². The van der Waals surface area contributed by atoms with Crippen molar-refractivity contribution in [2.45, 2.75) is 32.9 Å². The van der Waals surface area contributed by atoms with Crippen LogP contribution in [0.15, 0.2) is 29.1 Å². The Morgan fingerprint density at radius 2 is 1.79 bits per heavy atom. The fourth-order valence-corrected chi connectivity index (χ4v) is 3.27. The van der Waals surface area contributed by atoms with Gasteiger partial charge in [-0.05, 0) is 11.5 Å². The summed E-state index contributed by atoms with van der Waals surface area (Å²) < 4.78 is 27.4. The van der Waals surface area contributed by atoms with E-state index in [1.54, 1.807) is 35.8 Å². The number of nitrogens with zero attached hydrogens (tertiary/aromatic N) is 4. The zero-order valence-electron chi connectivity index (χ0n) is 16.1. The molecule has 1 aromatic carbocycles. The lowest BCUT2D eigenvalue weighted by atomic mass is 9.95. The molecule has 0 aliphatic rings. The molecule has 0 saturated carbocycles. The maximum absolute atomic E-state index is 12.9. The number of aromatic nitrogens is 4. The number of anilines is 1. The summed E-state index contributed by atoms with van der Waals surface area (Å²) in [4.78, 5) is 21.4. The normalized spacial score (nSPS) is 12.9. The Kier molecular flexibility index (Phi) is 5.46. The number of aliphatic hydroxyl groups is 1. The Bertz CT molecular complexity index is 1030. The fourth-order valence-electron chi connectivity index (χ4n) is 3.27. The smallest absolute Gasteiger partial charge is 0.263 e. The molecule has 3 aromatic rings. The summed E-state index contributed by atoms with van der Waals surface area (Å²) in [7, 11) is 3.50. The highest BCUT2D eigenvalue weighted by Gasteiger charge is 2.26. The first-order valence-corrected chi connectivity index (χ1v) is 8.92. The van der Waals surface area contributed by atoms with E-state index in [2.05, 4.69) is 15.1 Å². The molecule has 0 radical (unpaired) electrons. The van der Waals surface area contributed by atoms with E-state index >= 15 is 0 Å². The van der Waals surface area contributed by atoms with E-state index in [0.717, 1.165) is 5.56 Å². The van der Waals surface area contributed by atoms with Crippen LogP contribution in [0.3, 0.4) is 0 Å². The minimum absolute atomic E-state index is 0.0240. The number of rotatable bonds is 6. The minimum atomic E-state index is -2.54. The van der Waals surface area contributed by atoms with Crippen molar-refractivity contribution in [2.75, 3.05) is 19.0 Å². The van der Waals surface area contributed by atoms with E-state index in [0.29, 0.717) is 11.6 Å². The van der Waals surface area contributed by atoms with E-state index < -0.39 is 13.0 Å². The first kappa shape index (κ1) is 19.9. The van der Waals surface area contributed by atoms with Gasteiger partial charge in [-0.1, -0.05) is 38.1 Å². The molecule has 0 aliphatic carbocycles. The van der Waals surface area contributed by atoms with Crippen LogP contribution in [0, 0.1) is 5.92 Å². The third kappa shape index (κ3) is 3.49. The number of hydrogen-bond acceptors (Lipinski definition) is 5. The molecule has 0 saturated heterocycles. The van der Waals surface area contributed by atoms with Gasteiger partial charge in [0.1, 0.15) is 11.1 Å². The van der Waals surface area contributed by atoms with Crippen LogP contribution in [0.2, 0.25) is 0 Å². The number of hydrogen-bond donors (Lipinski definition) is 2. The molecule has 0 bridgehead atoms. The van der Waals surface area contributed by atoms with Gasteiger partial charge in [0, 0.05) is 19.7 Å². The van der Waals surface area contributed by atoms with Gasteiger partial charge in [-0.2, -0.15) is 10.1 Å². The lowest BCUT2D eigenvalue weighted by Crippen LogP contribution is -2.22. The van der Waals surface area contributed by atoms with Gasteiger partial charge in [0.05, 0.1) is 12.6 Å². The lowest BCUT2D eigenvalue weighted by molar-refractivity contribution is 0.151. The number of halogens is 2. The highest BCUT2D eigenvalue weighted by Crippen LogP contribution is 2.31. The van der Waals surface area contributed by atoms with Crippen LogP contribution in [0.25, 0.3) is 11.0 Å². The molecule has 7 nitrogen and oxygen atoms in total. The van der Waals surface area contributed by atoms with Gasteiger partial charge in [0.15, 0.2) is 5.65 Å². The largest absolute Gasteiger partial charge is 0.390 e. The maximum atomic E-state index is 12.9. The molecule has 150 valence electrons. The van der Waals surface area contributed by atoms with Crippen LogP contribution in [-0.4, -0.2) is 39.0 Å². The van der Waals surface area contributed by atoms with Crippen molar-refractivity contribution in [1.82, 2.24) is 19.7 Å². The number of aliphatic hydroxyl groups excluding tert-OH is 1. The van der Waals surface area contributed by atoms with E-state index in [9.17, 15) is 18.7 Å². The first-order chi connectivity index (χ1) is 13.2. The van der Waals surface area contributed by atoms with Gasteiger partial charge in [0.2, 0.25) is 5.95 Å². The summed E-state index contributed by atoms with van der Waals surface area (Å²) in [5.41, 5.74) is 0.885. The molecule has 1 atom stereocenters. The highest BCUT2D eigenvalue weighted by molar-refractivity contribution is 5.78. The Morgan fingerprint density at radius 3 is 2.29 bits per heavy atom. The van der Waals surface area contributed by atoms with E-state index in [1.165, 1.54) is 12.1 Å². The van der Waals surface area contributed by atoms with Crippen molar-refractivity contribution in [2.24, 2.45) is 5.92 Å². The van der Waals surface area contributed by atoms with Crippen LogP contribution in [0.5, 0.6) is 0 Å². The molecule has 2 aromatic heterocycles. The second-order valence-corrected chi connectivity index (χ2v) is 7.19. The van der Waals surface area contributed by atoms with Gasteiger partial charge in [0.25, 0.3) is 12.0 Å². The molecule has 0 fully saturated rings. The van der Waals surface area contributed by atoms with Gasteiger partial charge in [-0.3, -0.25) is 9.78 Å². The number of fused-ring (bicyclic) bond motifs is 1. The molecule has 28 heavy (non-hydrogen) atoms. The van der Waals surface area contributed by atoms with Crippen LogP contribution in [0.1, 0.15) is 43.1 Å². The van der Waals surface area contributed by atoms with Crippen molar-refractivity contribution in [3.63, 3.8) is 0 Å². The maximum Gasteiger partial charge on any atom is 0.263 e. The zero-order valence-corrected chi connectivity index (χ0v) is 16.1. The number of aromatic amines is 1. The number of benzene rings is 1. The van der Waals surface area contributed by atoms with E-state index in [4.69, 9.17) is 0 Å². The molecule has 2 N–H and O–H groups in total. The summed E-state index contributed by atoms with van der Waals surface area (Å²) >= 11 is 0. The monoisotopic (exact) mass is 391 g/mol. The highest BCUT2D eigenvalue weighted by atomic mass is 19.3. The minimum Gasteiger partial charge on any atom is -0.390 e. The third-order valence-electron chi connectivity index (χ3n) is 4.62. The Morgan fingerprint density at radius 1 is 1.18 bits per heavy atom. The summed E-state index contributed by atoms with van der Waals surface area (Å²) in [5.74, 6) is 0.384. The third-order valence-corrected chi connectivity index (χ3v) is 4.62. The predicted octanol–water partition coefficient (Wildman–Crippen LogP) is 2.86. The second kappa shape index (κ2) is 7.67. The SMILES string of the molecule is CC(C)[C@@H](c1ccc(C(F)F)cc1)n1nc(CO)c2c(=O)[nH]c(N(C)C)nc21. The molecule has 0 unspecified atom stereocenters.